The lowest BCUT2D eigenvalue weighted by Gasteiger charge is -2.06. The molecule has 9 heteroatoms. The fraction of sp³-hybridized carbons (Fsp3) is 0. The van der Waals surface area contributed by atoms with E-state index in [1.807, 2.05) is 0 Å². The van der Waals surface area contributed by atoms with E-state index >= 15 is 0 Å². The van der Waals surface area contributed by atoms with E-state index in [1.54, 1.807) is 0 Å². The summed E-state index contributed by atoms with van der Waals surface area (Å²) in [4.78, 5) is 10.8. The van der Waals surface area contributed by atoms with Gasteiger partial charge >= 0.3 is 5.97 Å². The van der Waals surface area contributed by atoms with Crippen molar-refractivity contribution in [3.63, 3.8) is 0 Å². The molecule has 19 heavy (non-hydrogen) atoms. The molecule has 100 valence electrons. The Hall–Kier alpha value is -2.55. The molecule has 0 radical (unpaired) electrons. The number of nitrogens with one attached hydrogen (secondary N) is 2. The van der Waals surface area contributed by atoms with Crippen LogP contribution in [0.2, 0.25) is 0 Å². The number of carboxylic acid groups (broad SMARTS) is 1. The number of rotatable bonds is 4. The minimum Gasteiger partial charge on any atom is -0.508 e. The highest BCUT2D eigenvalue weighted by Gasteiger charge is 2.24. The fourth-order valence-electron chi connectivity index (χ4n) is 1.37. The summed E-state index contributed by atoms with van der Waals surface area (Å²) in [6, 6.07) is 5.26. The average Bonchev–Trinajstić information content (AvgIpc) is 2.82. The maximum atomic E-state index is 12.0. The number of aromatic amines is 1. The van der Waals surface area contributed by atoms with Crippen molar-refractivity contribution >= 4 is 21.7 Å². The van der Waals surface area contributed by atoms with Gasteiger partial charge in [-0.05, 0) is 24.3 Å². The van der Waals surface area contributed by atoms with Crippen LogP contribution in [-0.4, -0.2) is 34.8 Å². The van der Waals surface area contributed by atoms with Crippen molar-refractivity contribution in [2.45, 2.75) is 5.03 Å². The molecular formula is C10H9N3O5S. The molecule has 0 aliphatic carbocycles. The van der Waals surface area contributed by atoms with Gasteiger partial charge in [0.15, 0.2) is 5.03 Å². The van der Waals surface area contributed by atoms with Crippen LogP contribution in [0, 0.1) is 0 Å². The van der Waals surface area contributed by atoms with Gasteiger partial charge in [-0.1, -0.05) is 0 Å². The molecule has 0 aliphatic rings. The summed E-state index contributed by atoms with van der Waals surface area (Å²) >= 11 is 0. The van der Waals surface area contributed by atoms with Gasteiger partial charge in [-0.2, -0.15) is 13.5 Å². The molecule has 0 atom stereocenters. The fourth-order valence-corrected chi connectivity index (χ4v) is 2.52. The lowest BCUT2D eigenvalue weighted by atomic mass is 10.3. The first kappa shape index (κ1) is 12.9. The summed E-state index contributed by atoms with van der Waals surface area (Å²) in [6.07, 6.45) is 0.910. The molecule has 8 nitrogen and oxygen atoms in total. The standard InChI is InChI=1S/C10H9N3O5S/c14-7-3-1-6(2-4-7)13-19(17,18)9-8(10(15)16)5-11-12-9/h1-5,13-14H,(H,11,12)(H,15,16). The number of sulfonamides is 1. The van der Waals surface area contributed by atoms with Crippen LogP contribution in [0.15, 0.2) is 35.5 Å². The molecular weight excluding hydrogens is 274 g/mol. The monoisotopic (exact) mass is 283 g/mol. The van der Waals surface area contributed by atoms with Crippen LogP contribution in [0.5, 0.6) is 5.75 Å². The number of aromatic hydroxyl groups is 1. The molecule has 0 aliphatic heterocycles. The zero-order valence-corrected chi connectivity index (χ0v) is 10.2. The maximum Gasteiger partial charge on any atom is 0.340 e. The molecule has 2 rings (SSSR count). The van der Waals surface area contributed by atoms with E-state index < -0.39 is 26.6 Å². The maximum absolute atomic E-state index is 12.0. The van der Waals surface area contributed by atoms with E-state index in [4.69, 9.17) is 10.2 Å². The van der Waals surface area contributed by atoms with E-state index in [2.05, 4.69) is 14.9 Å². The molecule has 4 N–H and O–H groups in total. The summed E-state index contributed by atoms with van der Waals surface area (Å²) in [5, 5.41) is 22.9. The number of aromatic carboxylic acids is 1. The Balaban J connectivity index is 2.35. The van der Waals surface area contributed by atoms with Crippen molar-refractivity contribution in [3.8, 4) is 5.75 Å². The van der Waals surface area contributed by atoms with Crippen LogP contribution in [0.3, 0.4) is 0 Å². The highest BCUT2D eigenvalue weighted by atomic mass is 32.2. The second-order valence-corrected chi connectivity index (χ2v) is 5.19. The normalized spacial score (nSPS) is 11.2. The topological polar surface area (TPSA) is 132 Å². The first-order valence-corrected chi connectivity index (χ1v) is 6.47. The van der Waals surface area contributed by atoms with Crippen LogP contribution in [0.1, 0.15) is 10.4 Å². The van der Waals surface area contributed by atoms with Crippen LogP contribution < -0.4 is 4.72 Å². The molecule has 0 saturated carbocycles. The number of aromatic nitrogens is 2. The van der Waals surface area contributed by atoms with Gasteiger partial charge in [0.05, 0.1) is 6.20 Å². The largest absolute Gasteiger partial charge is 0.508 e. The predicted molar refractivity (Wildman–Crippen MR) is 64.5 cm³/mol. The van der Waals surface area contributed by atoms with E-state index in [1.165, 1.54) is 24.3 Å². The second-order valence-electron chi connectivity index (χ2n) is 3.57. The number of nitrogens with zero attached hydrogens (tertiary/aromatic N) is 1. The Morgan fingerprint density at radius 1 is 1.26 bits per heavy atom. The smallest absolute Gasteiger partial charge is 0.340 e. The zero-order chi connectivity index (χ0) is 14.0. The number of phenolic OH excluding ortho intramolecular Hbond substituents is 1. The number of hydrogen-bond donors (Lipinski definition) is 4. The Morgan fingerprint density at radius 3 is 2.47 bits per heavy atom. The molecule has 0 fully saturated rings. The predicted octanol–water partition coefficient (Wildman–Crippen LogP) is 0.614. The van der Waals surface area contributed by atoms with E-state index in [-0.39, 0.29) is 11.4 Å². The number of benzene rings is 1. The van der Waals surface area contributed by atoms with Gasteiger partial charge in [-0.15, -0.1) is 0 Å². The van der Waals surface area contributed by atoms with Crippen LogP contribution in [-0.2, 0) is 10.0 Å². The summed E-state index contributed by atoms with van der Waals surface area (Å²) in [7, 11) is -4.09. The highest BCUT2D eigenvalue weighted by molar-refractivity contribution is 7.92. The summed E-state index contributed by atoms with van der Waals surface area (Å²) in [6.45, 7) is 0. The highest BCUT2D eigenvalue weighted by Crippen LogP contribution is 2.19. The quantitative estimate of drug-likeness (QED) is 0.608. The van der Waals surface area contributed by atoms with Crippen molar-refractivity contribution in [1.82, 2.24) is 10.2 Å². The molecule has 2 aromatic rings. The Bertz CT molecular complexity index is 705. The first-order chi connectivity index (χ1) is 8.90. The van der Waals surface area contributed by atoms with Crippen molar-refractivity contribution in [2.24, 2.45) is 0 Å². The van der Waals surface area contributed by atoms with Crippen molar-refractivity contribution in [2.75, 3.05) is 4.72 Å². The summed E-state index contributed by atoms with van der Waals surface area (Å²) in [5.41, 5.74) is -0.269. The number of carboxylic acids is 1. The molecule has 0 saturated heterocycles. The van der Waals surface area contributed by atoms with Gasteiger partial charge in [0.1, 0.15) is 11.3 Å². The van der Waals surface area contributed by atoms with Gasteiger partial charge in [0, 0.05) is 5.69 Å². The van der Waals surface area contributed by atoms with Gasteiger partial charge in [-0.3, -0.25) is 9.82 Å². The third kappa shape index (κ3) is 2.65. The van der Waals surface area contributed by atoms with Crippen LogP contribution in [0.25, 0.3) is 0 Å². The Morgan fingerprint density at radius 2 is 1.89 bits per heavy atom. The summed E-state index contributed by atoms with van der Waals surface area (Å²) in [5.74, 6) is -1.42. The van der Waals surface area contributed by atoms with Crippen molar-refractivity contribution < 1.29 is 23.4 Å². The number of carbonyl (C=O) groups is 1. The minimum atomic E-state index is -4.09. The van der Waals surface area contributed by atoms with Gasteiger partial charge in [0.2, 0.25) is 0 Å². The second kappa shape index (κ2) is 4.61. The minimum absolute atomic E-state index is 0.0179. The molecule has 1 aromatic carbocycles. The molecule has 0 spiro atoms. The van der Waals surface area contributed by atoms with Crippen molar-refractivity contribution in [1.29, 1.82) is 0 Å². The van der Waals surface area contributed by atoms with E-state index in [0.29, 0.717) is 0 Å². The lowest BCUT2D eigenvalue weighted by Crippen LogP contribution is -2.16. The van der Waals surface area contributed by atoms with E-state index in [0.717, 1.165) is 6.20 Å². The third-order valence-electron chi connectivity index (χ3n) is 2.22. The van der Waals surface area contributed by atoms with E-state index in [9.17, 15) is 13.2 Å². The molecule has 0 unspecified atom stereocenters. The number of H-pyrrole nitrogens is 1. The Labute approximate surface area is 107 Å². The van der Waals surface area contributed by atoms with Gasteiger partial charge in [-0.25, -0.2) is 4.79 Å². The first-order valence-electron chi connectivity index (χ1n) is 4.98. The summed E-state index contributed by atoms with van der Waals surface area (Å²) < 4.78 is 26.1. The van der Waals surface area contributed by atoms with Crippen LogP contribution >= 0.6 is 0 Å². The third-order valence-corrected chi connectivity index (χ3v) is 3.58. The molecule has 0 amide bonds. The molecule has 1 aromatic heterocycles. The number of phenols is 1. The molecule has 1 heterocycles. The molecule has 0 bridgehead atoms. The van der Waals surface area contributed by atoms with Gasteiger partial charge < -0.3 is 10.2 Å². The van der Waals surface area contributed by atoms with Gasteiger partial charge in [0.25, 0.3) is 10.0 Å². The van der Waals surface area contributed by atoms with Crippen LogP contribution in [0.4, 0.5) is 5.69 Å². The number of anilines is 1. The van der Waals surface area contributed by atoms with Crippen molar-refractivity contribution in [3.05, 3.63) is 36.0 Å². The Kier molecular flexibility index (Phi) is 3.13. The number of hydrogen-bond acceptors (Lipinski definition) is 5. The average molecular weight is 283 g/mol. The zero-order valence-electron chi connectivity index (χ0n) is 9.36. The SMILES string of the molecule is O=C(O)c1cn[nH]c1S(=O)(=O)Nc1ccc(O)cc1. The lowest BCUT2D eigenvalue weighted by molar-refractivity contribution is 0.0692.